The standard InChI is InChI=1S/C17H23N3/c1-12-6-5-7-16(8-12)20(4)17-13(2)9-15(11-19-17)10-14(3)18/h5-9,11,14H,10,18H2,1-4H3. The first-order valence-electron chi connectivity index (χ1n) is 6.99. The van der Waals surface area contributed by atoms with E-state index in [9.17, 15) is 0 Å². The molecule has 106 valence electrons. The highest BCUT2D eigenvalue weighted by atomic mass is 15.2. The van der Waals surface area contributed by atoms with E-state index >= 15 is 0 Å². The summed E-state index contributed by atoms with van der Waals surface area (Å²) in [5.41, 5.74) is 10.6. The molecule has 0 saturated carbocycles. The summed E-state index contributed by atoms with van der Waals surface area (Å²) in [4.78, 5) is 6.73. The normalized spacial score (nSPS) is 12.2. The summed E-state index contributed by atoms with van der Waals surface area (Å²) < 4.78 is 0. The molecule has 0 radical (unpaired) electrons. The molecule has 0 aliphatic carbocycles. The molecule has 0 aliphatic heterocycles. The van der Waals surface area contributed by atoms with Crippen molar-refractivity contribution in [2.45, 2.75) is 33.2 Å². The Kier molecular flexibility index (Phi) is 4.40. The van der Waals surface area contributed by atoms with E-state index in [1.54, 1.807) is 0 Å². The van der Waals surface area contributed by atoms with Gasteiger partial charge >= 0.3 is 0 Å². The zero-order chi connectivity index (χ0) is 14.7. The van der Waals surface area contributed by atoms with Gasteiger partial charge in [-0.05, 0) is 56.0 Å². The zero-order valence-electron chi connectivity index (χ0n) is 12.7. The monoisotopic (exact) mass is 269 g/mol. The molecule has 1 atom stereocenters. The van der Waals surface area contributed by atoms with Crippen molar-refractivity contribution in [3.63, 3.8) is 0 Å². The number of aromatic nitrogens is 1. The highest BCUT2D eigenvalue weighted by Gasteiger charge is 2.10. The Morgan fingerprint density at radius 1 is 1.25 bits per heavy atom. The van der Waals surface area contributed by atoms with Gasteiger partial charge in [-0.2, -0.15) is 0 Å². The lowest BCUT2D eigenvalue weighted by atomic mass is 10.1. The number of rotatable bonds is 4. The summed E-state index contributed by atoms with van der Waals surface area (Å²) in [6.07, 6.45) is 2.79. The van der Waals surface area contributed by atoms with E-state index in [1.165, 1.54) is 16.7 Å². The maximum atomic E-state index is 5.84. The fourth-order valence-electron chi connectivity index (χ4n) is 2.42. The summed E-state index contributed by atoms with van der Waals surface area (Å²) in [6, 6.07) is 10.8. The Morgan fingerprint density at radius 3 is 2.60 bits per heavy atom. The first-order chi connectivity index (χ1) is 9.47. The number of hydrogen-bond acceptors (Lipinski definition) is 3. The van der Waals surface area contributed by atoms with Crippen LogP contribution in [0.15, 0.2) is 36.5 Å². The maximum Gasteiger partial charge on any atom is 0.135 e. The van der Waals surface area contributed by atoms with E-state index in [0.717, 1.165) is 17.9 Å². The summed E-state index contributed by atoms with van der Waals surface area (Å²) in [6.45, 7) is 6.21. The Morgan fingerprint density at radius 2 is 2.00 bits per heavy atom. The molecule has 3 nitrogen and oxygen atoms in total. The van der Waals surface area contributed by atoms with Crippen molar-refractivity contribution in [3.8, 4) is 0 Å². The van der Waals surface area contributed by atoms with Crippen LogP contribution < -0.4 is 10.6 Å². The van der Waals surface area contributed by atoms with E-state index in [1.807, 2.05) is 13.1 Å². The smallest absolute Gasteiger partial charge is 0.135 e. The topological polar surface area (TPSA) is 42.2 Å². The molecule has 0 fully saturated rings. The van der Waals surface area contributed by atoms with E-state index in [0.29, 0.717) is 0 Å². The first kappa shape index (κ1) is 14.5. The highest BCUT2D eigenvalue weighted by molar-refractivity contribution is 5.62. The molecular weight excluding hydrogens is 246 g/mol. The number of hydrogen-bond donors (Lipinski definition) is 1. The molecule has 1 heterocycles. The van der Waals surface area contributed by atoms with Crippen molar-refractivity contribution in [1.82, 2.24) is 4.98 Å². The second kappa shape index (κ2) is 6.06. The molecule has 0 spiro atoms. The van der Waals surface area contributed by atoms with Crippen molar-refractivity contribution < 1.29 is 0 Å². The third-order valence-corrected chi connectivity index (χ3v) is 3.37. The Bertz CT molecular complexity index is 591. The van der Waals surface area contributed by atoms with Gasteiger partial charge in [-0.15, -0.1) is 0 Å². The van der Waals surface area contributed by atoms with E-state index in [-0.39, 0.29) is 6.04 Å². The van der Waals surface area contributed by atoms with Gasteiger partial charge in [-0.1, -0.05) is 18.2 Å². The van der Waals surface area contributed by atoms with Crippen LogP contribution in [0.2, 0.25) is 0 Å². The summed E-state index contributed by atoms with van der Waals surface area (Å²) in [5, 5.41) is 0. The van der Waals surface area contributed by atoms with Crippen molar-refractivity contribution in [3.05, 3.63) is 53.2 Å². The average Bonchev–Trinajstić information content (AvgIpc) is 2.37. The fraction of sp³-hybridized carbons (Fsp3) is 0.353. The van der Waals surface area contributed by atoms with Crippen LogP contribution >= 0.6 is 0 Å². The predicted molar refractivity (Wildman–Crippen MR) is 85.6 cm³/mol. The van der Waals surface area contributed by atoms with E-state index in [2.05, 4.69) is 61.1 Å². The number of pyridine rings is 1. The molecule has 20 heavy (non-hydrogen) atoms. The number of benzene rings is 1. The Hall–Kier alpha value is -1.87. The molecule has 2 aromatic rings. The van der Waals surface area contributed by atoms with Gasteiger partial charge < -0.3 is 10.6 Å². The molecule has 2 rings (SSSR count). The number of nitrogens with zero attached hydrogens (tertiary/aromatic N) is 2. The minimum atomic E-state index is 0.163. The Balaban J connectivity index is 2.28. The molecule has 0 saturated heterocycles. The van der Waals surface area contributed by atoms with Crippen LogP contribution in [-0.4, -0.2) is 18.1 Å². The molecule has 0 bridgehead atoms. The van der Waals surface area contributed by atoms with Gasteiger partial charge in [0.05, 0.1) is 0 Å². The lowest BCUT2D eigenvalue weighted by Gasteiger charge is -2.21. The van der Waals surface area contributed by atoms with Crippen molar-refractivity contribution in [1.29, 1.82) is 0 Å². The number of anilines is 2. The molecule has 3 heteroatoms. The summed E-state index contributed by atoms with van der Waals surface area (Å²) in [5.74, 6) is 0.990. The molecule has 0 amide bonds. The van der Waals surface area contributed by atoms with Crippen LogP contribution in [0.1, 0.15) is 23.6 Å². The van der Waals surface area contributed by atoms with Gasteiger partial charge in [0.15, 0.2) is 0 Å². The van der Waals surface area contributed by atoms with Crippen molar-refractivity contribution in [2.24, 2.45) is 5.73 Å². The summed E-state index contributed by atoms with van der Waals surface area (Å²) >= 11 is 0. The SMILES string of the molecule is Cc1cccc(N(C)c2ncc(CC(C)N)cc2C)c1. The molecule has 1 aromatic carbocycles. The minimum Gasteiger partial charge on any atom is -0.329 e. The van der Waals surface area contributed by atoms with Gasteiger partial charge in [-0.25, -0.2) is 4.98 Å². The third kappa shape index (κ3) is 3.36. The zero-order valence-corrected chi connectivity index (χ0v) is 12.7. The van der Waals surface area contributed by atoms with Gasteiger partial charge in [-0.3, -0.25) is 0 Å². The van der Waals surface area contributed by atoms with Crippen molar-refractivity contribution >= 4 is 11.5 Å². The van der Waals surface area contributed by atoms with E-state index in [4.69, 9.17) is 5.73 Å². The van der Waals surface area contributed by atoms with E-state index < -0.39 is 0 Å². The van der Waals surface area contributed by atoms with Gasteiger partial charge in [0, 0.05) is 25.0 Å². The van der Waals surface area contributed by atoms with Crippen LogP contribution in [0.4, 0.5) is 11.5 Å². The van der Waals surface area contributed by atoms with Crippen LogP contribution in [0.5, 0.6) is 0 Å². The second-order valence-corrected chi connectivity index (χ2v) is 5.56. The first-order valence-corrected chi connectivity index (χ1v) is 6.99. The molecule has 0 aliphatic rings. The predicted octanol–water partition coefficient (Wildman–Crippen LogP) is 3.36. The molecule has 2 N–H and O–H groups in total. The van der Waals surface area contributed by atoms with Crippen molar-refractivity contribution in [2.75, 3.05) is 11.9 Å². The Labute approximate surface area is 121 Å². The highest BCUT2D eigenvalue weighted by Crippen LogP contribution is 2.25. The van der Waals surface area contributed by atoms with Crippen LogP contribution in [0.3, 0.4) is 0 Å². The lowest BCUT2D eigenvalue weighted by Crippen LogP contribution is -2.18. The van der Waals surface area contributed by atoms with Crippen LogP contribution in [0.25, 0.3) is 0 Å². The van der Waals surface area contributed by atoms with Crippen LogP contribution in [0, 0.1) is 13.8 Å². The lowest BCUT2D eigenvalue weighted by molar-refractivity contribution is 0.735. The maximum absolute atomic E-state index is 5.84. The van der Waals surface area contributed by atoms with Gasteiger partial charge in [0.25, 0.3) is 0 Å². The largest absolute Gasteiger partial charge is 0.329 e. The second-order valence-electron chi connectivity index (χ2n) is 5.56. The average molecular weight is 269 g/mol. The van der Waals surface area contributed by atoms with Crippen LogP contribution in [-0.2, 0) is 6.42 Å². The number of nitrogens with two attached hydrogens (primary N) is 1. The molecule has 1 unspecified atom stereocenters. The summed E-state index contributed by atoms with van der Waals surface area (Å²) in [7, 11) is 2.05. The molecular formula is C17H23N3. The fourth-order valence-corrected chi connectivity index (χ4v) is 2.42. The quantitative estimate of drug-likeness (QED) is 0.925. The third-order valence-electron chi connectivity index (χ3n) is 3.37. The minimum absolute atomic E-state index is 0.163. The number of aryl methyl sites for hydroxylation is 2. The van der Waals surface area contributed by atoms with Gasteiger partial charge in [0.1, 0.15) is 5.82 Å². The molecule has 1 aromatic heterocycles. The van der Waals surface area contributed by atoms with Gasteiger partial charge in [0.2, 0.25) is 0 Å².